The van der Waals surface area contributed by atoms with E-state index in [0.717, 1.165) is 17.5 Å². The van der Waals surface area contributed by atoms with Gasteiger partial charge in [0.2, 0.25) is 5.75 Å². The van der Waals surface area contributed by atoms with Crippen molar-refractivity contribution >= 4 is 0 Å². The lowest BCUT2D eigenvalue weighted by atomic mass is 10.1. The molecule has 0 fully saturated rings. The van der Waals surface area contributed by atoms with Gasteiger partial charge in [0.25, 0.3) is 0 Å². The van der Waals surface area contributed by atoms with E-state index in [1.807, 2.05) is 24.3 Å². The number of benzene rings is 2. The zero-order valence-corrected chi connectivity index (χ0v) is 13.4. The number of methoxy groups -OCH3 is 3. The number of rotatable bonds is 4. The second-order valence-corrected chi connectivity index (χ2v) is 4.71. The highest BCUT2D eigenvalue weighted by Gasteiger charge is 2.12. The molecule has 0 N–H and O–H groups in total. The molecule has 0 spiro atoms. The maximum Gasteiger partial charge on any atom is 0.203 e. The second kappa shape index (κ2) is 7.42. The third-order valence-corrected chi connectivity index (χ3v) is 3.38. The number of ether oxygens (including phenoxy) is 3. The van der Waals surface area contributed by atoms with Gasteiger partial charge in [-0.05, 0) is 36.2 Å². The van der Waals surface area contributed by atoms with E-state index >= 15 is 0 Å². The first kappa shape index (κ1) is 15.8. The van der Waals surface area contributed by atoms with Crippen LogP contribution in [0.15, 0.2) is 36.4 Å². The molecule has 2 aromatic rings. The van der Waals surface area contributed by atoms with Gasteiger partial charge in [0.1, 0.15) is 0 Å². The minimum absolute atomic E-state index is 0.572. The van der Waals surface area contributed by atoms with Crippen LogP contribution in [0, 0.1) is 11.8 Å². The third kappa shape index (κ3) is 3.53. The summed E-state index contributed by atoms with van der Waals surface area (Å²) in [6, 6.07) is 11.9. The third-order valence-electron chi connectivity index (χ3n) is 3.38. The molecule has 3 nitrogen and oxygen atoms in total. The van der Waals surface area contributed by atoms with Gasteiger partial charge >= 0.3 is 0 Å². The Morgan fingerprint density at radius 1 is 0.773 bits per heavy atom. The fraction of sp³-hybridized carbons (Fsp3) is 0.263. The molecular formula is C19H20O3. The van der Waals surface area contributed by atoms with Crippen molar-refractivity contribution in [3.05, 3.63) is 53.1 Å². The average molecular weight is 296 g/mol. The molecule has 0 heterocycles. The van der Waals surface area contributed by atoms with Gasteiger partial charge < -0.3 is 14.2 Å². The number of hydrogen-bond acceptors (Lipinski definition) is 3. The molecular weight excluding hydrogens is 276 g/mol. The molecule has 22 heavy (non-hydrogen) atoms. The van der Waals surface area contributed by atoms with E-state index in [4.69, 9.17) is 14.2 Å². The number of aryl methyl sites for hydroxylation is 1. The normalized spacial score (nSPS) is 9.64. The topological polar surface area (TPSA) is 27.7 Å². The molecule has 0 aliphatic rings. The van der Waals surface area contributed by atoms with Crippen LogP contribution in [-0.4, -0.2) is 21.3 Å². The zero-order valence-electron chi connectivity index (χ0n) is 13.4. The van der Waals surface area contributed by atoms with E-state index in [2.05, 4.69) is 30.9 Å². The Morgan fingerprint density at radius 3 is 1.77 bits per heavy atom. The van der Waals surface area contributed by atoms with Gasteiger partial charge in [0.05, 0.1) is 21.3 Å². The van der Waals surface area contributed by atoms with Crippen molar-refractivity contribution in [1.82, 2.24) is 0 Å². The lowest BCUT2D eigenvalue weighted by Crippen LogP contribution is -1.95. The first-order valence-corrected chi connectivity index (χ1v) is 7.12. The van der Waals surface area contributed by atoms with Crippen molar-refractivity contribution in [3.63, 3.8) is 0 Å². The highest BCUT2D eigenvalue weighted by atomic mass is 16.5. The molecule has 2 aromatic carbocycles. The Hall–Kier alpha value is -2.60. The second-order valence-electron chi connectivity index (χ2n) is 4.71. The molecule has 0 amide bonds. The van der Waals surface area contributed by atoms with Crippen molar-refractivity contribution in [2.45, 2.75) is 13.3 Å². The van der Waals surface area contributed by atoms with Crippen LogP contribution in [0.3, 0.4) is 0 Å². The molecule has 0 saturated heterocycles. The molecule has 2 rings (SSSR count). The molecule has 0 radical (unpaired) electrons. The highest BCUT2D eigenvalue weighted by molar-refractivity contribution is 5.58. The molecule has 0 bridgehead atoms. The Balaban J connectivity index is 2.35. The van der Waals surface area contributed by atoms with Crippen LogP contribution in [0.1, 0.15) is 23.6 Å². The molecule has 0 unspecified atom stereocenters. The molecule has 0 aromatic heterocycles. The van der Waals surface area contributed by atoms with Crippen LogP contribution >= 0.6 is 0 Å². The highest BCUT2D eigenvalue weighted by Crippen LogP contribution is 2.37. The summed E-state index contributed by atoms with van der Waals surface area (Å²) < 4.78 is 16.0. The van der Waals surface area contributed by atoms with Gasteiger partial charge in [0, 0.05) is 11.1 Å². The van der Waals surface area contributed by atoms with E-state index in [9.17, 15) is 0 Å². The van der Waals surface area contributed by atoms with E-state index in [1.54, 1.807) is 21.3 Å². The maximum absolute atomic E-state index is 5.33. The first-order valence-electron chi connectivity index (χ1n) is 7.12. The predicted molar refractivity (Wildman–Crippen MR) is 87.9 cm³/mol. The quantitative estimate of drug-likeness (QED) is 0.806. The number of hydrogen-bond donors (Lipinski definition) is 0. The summed E-state index contributed by atoms with van der Waals surface area (Å²) in [5, 5.41) is 0. The van der Waals surface area contributed by atoms with Gasteiger partial charge in [-0.1, -0.05) is 30.9 Å². The van der Waals surface area contributed by atoms with Crippen LogP contribution in [-0.2, 0) is 6.42 Å². The molecule has 114 valence electrons. The Morgan fingerprint density at radius 2 is 1.32 bits per heavy atom. The summed E-state index contributed by atoms with van der Waals surface area (Å²) >= 11 is 0. The van der Waals surface area contributed by atoms with Gasteiger partial charge in [-0.2, -0.15) is 0 Å². The van der Waals surface area contributed by atoms with Gasteiger partial charge in [-0.3, -0.25) is 0 Å². The van der Waals surface area contributed by atoms with Gasteiger partial charge in [0.15, 0.2) is 11.5 Å². The summed E-state index contributed by atoms with van der Waals surface area (Å²) in [7, 11) is 4.77. The lowest BCUT2D eigenvalue weighted by Gasteiger charge is -2.12. The standard InChI is InChI=1S/C19H20O3/c1-5-14-6-8-15(9-7-14)10-11-16-12-17(20-2)19(22-4)18(13-16)21-3/h6-9,12-13H,5H2,1-4H3. The fourth-order valence-corrected chi connectivity index (χ4v) is 2.12. The lowest BCUT2D eigenvalue weighted by molar-refractivity contribution is 0.324. The average Bonchev–Trinajstić information content (AvgIpc) is 2.59. The van der Waals surface area contributed by atoms with E-state index in [0.29, 0.717) is 17.2 Å². The molecule has 3 heteroatoms. The van der Waals surface area contributed by atoms with Crippen LogP contribution < -0.4 is 14.2 Å². The Labute approximate surface area is 131 Å². The summed E-state index contributed by atoms with van der Waals surface area (Å²) in [5.41, 5.74) is 3.10. The van der Waals surface area contributed by atoms with Crippen molar-refractivity contribution in [3.8, 4) is 29.1 Å². The fourth-order valence-electron chi connectivity index (χ4n) is 2.12. The predicted octanol–water partition coefficient (Wildman–Crippen LogP) is 3.67. The van der Waals surface area contributed by atoms with Crippen LogP contribution in [0.4, 0.5) is 0 Å². The SMILES string of the molecule is CCc1ccc(C#Cc2cc(OC)c(OC)c(OC)c2)cc1. The van der Waals surface area contributed by atoms with Crippen LogP contribution in [0.2, 0.25) is 0 Å². The van der Waals surface area contributed by atoms with Crippen molar-refractivity contribution in [2.75, 3.05) is 21.3 Å². The molecule has 0 aliphatic heterocycles. The Kier molecular flexibility index (Phi) is 5.32. The summed E-state index contributed by atoms with van der Waals surface area (Å²) in [6.45, 7) is 2.14. The smallest absolute Gasteiger partial charge is 0.203 e. The largest absolute Gasteiger partial charge is 0.493 e. The van der Waals surface area contributed by atoms with E-state index in [-0.39, 0.29) is 0 Å². The van der Waals surface area contributed by atoms with Crippen molar-refractivity contribution in [2.24, 2.45) is 0 Å². The molecule has 0 aliphatic carbocycles. The summed E-state index contributed by atoms with van der Waals surface area (Å²) in [4.78, 5) is 0. The minimum atomic E-state index is 0.572. The van der Waals surface area contributed by atoms with Gasteiger partial charge in [-0.25, -0.2) is 0 Å². The Bertz CT molecular complexity index is 666. The minimum Gasteiger partial charge on any atom is -0.493 e. The maximum atomic E-state index is 5.33. The van der Waals surface area contributed by atoms with Crippen molar-refractivity contribution < 1.29 is 14.2 Å². The van der Waals surface area contributed by atoms with E-state index in [1.165, 1.54) is 5.56 Å². The van der Waals surface area contributed by atoms with Crippen LogP contribution in [0.25, 0.3) is 0 Å². The molecule has 0 saturated carbocycles. The summed E-state index contributed by atoms with van der Waals surface area (Å²) in [6.07, 6.45) is 1.03. The summed E-state index contributed by atoms with van der Waals surface area (Å²) in [5.74, 6) is 8.06. The molecule has 0 atom stereocenters. The zero-order chi connectivity index (χ0) is 15.9. The van der Waals surface area contributed by atoms with Gasteiger partial charge in [-0.15, -0.1) is 0 Å². The first-order chi connectivity index (χ1) is 10.7. The van der Waals surface area contributed by atoms with Crippen molar-refractivity contribution in [1.29, 1.82) is 0 Å². The van der Waals surface area contributed by atoms with E-state index < -0.39 is 0 Å². The monoisotopic (exact) mass is 296 g/mol. The van der Waals surface area contributed by atoms with Crippen LogP contribution in [0.5, 0.6) is 17.2 Å².